The second-order valence-electron chi connectivity index (χ2n) is 3.02. The average Bonchev–Trinajstić information content (AvgIpc) is 2.72. The molecule has 0 amide bonds. The van der Waals surface area contributed by atoms with Gasteiger partial charge < -0.3 is 10.0 Å². The Bertz CT molecular complexity index is 441. The Morgan fingerprint density at radius 2 is 2.33 bits per heavy atom. The van der Waals surface area contributed by atoms with E-state index in [0.29, 0.717) is 12.2 Å². The summed E-state index contributed by atoms with van der Waals surface area (Å²) in [7, 11) is 0. The van der Waals surface area contributed by atoms with Gasteiger partial charge in [-0.15, -0.1) is 14.8 Å². The maximum absolute atomic E-state index is 8.89. The van der Waals surface area contributed by atoms with Crippen molar-refractivity contribution in [1.29, 1.82) is 0 Å². The van der Waals surface area contributed by atoms with Crippen LogP contribution in [0.4, 0.5) is 5.82 Å². The van der Waals surface area contributed by atoms with Crippen molar-refractivity contribution in [3.63, 3.8) is 0 Å². The van der Waals surface area contributed by atoms with Gasteiger partial charge in [-0.05, 0) is 29.5 Å². The molecule has 0 unspecified atom stereocenters. The lowest BCUT2D eigenvalue weighted by molar-refractivity contribution is 0.302. The summed E-state index contributed by atoms with van der Waals surface area (Å²) in [5, 5.41) is 24.1. The molecule has 2 aromatic heterocycles. The Morgan fingerprint density at radius 1 is 1.47 bits per heavy atom. The van der Waals surface area contributed by atoms with Crippen molar-refractivity contribution in [2.45, 2.75) is 6.92 Å². The van der Waals surface area contributed by atoms with Gasteiger partial charge in [-0.3, -0.25) is 0 Å². The molecule has 7 nitrogen and oxygen atoms in total. The van der Waals surface area contributed by atoms with Crippen LogP contribution in [0, 0.1) is 0 Å². The Labute approximate surface area is 86.3 Å². The van der Waals surface area contributed by atoms with E-state index in [9.17, 15) is 0 Å². The van der Waals surface area contributed by atoms with Crippen molar-refractivity contribution in [2.24, 2.45) is 0 Å². The number of nitrogens with zero attached hydrogens (tertiary/aromatic N) is 6. The predicted molar refractivity (Wildman–Crippen MR) is 53.5 cm³/mol. The molecule has 1 N–H and O–H groups in total. The van der Waals surface area contributed by atoms with E-state index in [1.54, 1.807) is 6.07 Å². The number of tetrazole rings is 1. The standard InChI is InChI=1S/C8H12N6O/c1-2-13(5-6-15)8-4-3-7-9-11-12-14(7)10-8/h3-4,15H,2,5-6H2,1H3. The lowest BCUT2D eigenvalue weighted by Crippen LogP contribution is -2.27. The molecular weight excluding hydrogens is 196 g/mol. The molecule has 15 heavy (non-hydrogen) atoms. The second kappa shape index (κ2) is 4.18. The summed E-state index contributed by atoms with van der Waals surface area (Å²) in [6, 6.07) is 3.63. The average molecular weight is 208 g/mol. The van der Waals surface area contributed by atoms with Gasteiger partial charge in [0.05, 0.1) is 6.61 Å². The number of anilines is 1. The van der Waals surface area contributed by atoms with Gasteiger partial charge >= 0.3 is 0 Å². The molecule has 0 atom stereocenters. The van der Waals surface area contributed by atoms with E-state index in [1.165, 1.54) is 4.63 Å². The van der Waals surface area contributed by atoms with Crippen LogP contribution in [0.1, 0.15) is 6.92 Å². The highest BCUT2D eigenvalue weighted by molar-refractivity contribution is 5.44. The number of hydrogen-bond donors (Lipinski definition) is 1. The topological polar surface area (TPSA) is 79.4 Å². The maximum Gasteiger partial charge on any atom is 0.200 e. The molecule has 80 valence electrons. The molecule has 7 heteroatoms. The predicted octanol–water partition coefficient (Wildman–Crippen LogP) is -0.662. The largest absolute Gasteiger partial charge is 0.395 e. The Kier molecular flexibility index (Phi) is 2.72. The van der Waals surface area contributed by atoms with Crippen molar-refractivity contribution in [1.82, 2.24) is 25.3 Å². The molecule has 0 aromatic carbocycles. The fraction of sp³-hybridized carbons (Fsp3) is 0.500. The number of aromatic nitrogens is 5. The third kappa shape index (κ3) is 1.86. The summed E-state index contributed by atoms with van der Waals surface area (Å²) in [6.45, 7) is 3.43. The van der Waals surface area contributed by atoms with Crippen LogP contribution in [0.5, 0.6) is 0 Å². The molecule has 2 heterocycles. The SMILES string of the molecule is CCN(CCO)c1ccc2nnnn2n1. The minimum Gasteiger partial charge on any atom is -0.395 e. The highest BCUT2D eigenvalue weighted by Gasteiger charge is 2.06. The molecule has 0 spiro atoms. The van der Waals surface area contributed by atoms with Crippen molar-refractivity contribution in [3.8, 4) is 0 Å². The van der Waals surface area contributed by atoms with Crippen molar-refractivity contribution in [2.75, 3.05) is 24.6 Å². The molecule has 0 aliphatic heterocycles. The molecule has 0 aliphatic rings. The normalized spacial score (nSPS) is 10.8. The van der Waals surface area contributed by atoms with Crippen LogP contribution in [0.15, 0.2) is 12.1 Å². The van der Waals surface area contributed by atoms with Crippen molar-refractivity contribution in [3.05, 3.63) is 12.1 Å². The molecular formula is C8H12N6O. The van der Waals surface area contributed by atoms with Crippen molar-refractivity contribution >= 4 is 11.5 Å². The lowest BCUT2D eigenvalue weighted by atomic mass is 10.4. The summed E-state index contributed by atoms with van der Waals surface area (Å²) < 4.78 is 1.37. The molecule has 2 aromatic rings. The molecule has 0 bridgehead atoms. The minimum atomic E-state index is 0.100. The van der Waals surface area contributed by atoms with Gasteiger partial charge in [0.1, 0.15) is 0 Å². The van der Waals surface area contributed by atoms with Crippen LogP contribution in [0.3, 0.4) is 0 Å². The summed E-state index contributed by atoms with van der Waals surface area (Å²) in [4.78, 5) is 1.95. The Hall–Kier alpha value is -1.76. The van der Waals surface area contributed by atoms with Gasteiger partial charge in [0.2, 0.25) is 0 Å². The molecule has 0 radical (unpaired) electrons. The quantitative estimate of drug-likeness (QED) is 0.718. The molecule has 2 rings (SSSR count). The lowest BCUT2D eigenvalue weighted by Gasteiger charge is -2.19. The van der Waals surface area contributed by atoms with E-state index in [0.717, 1.165) is 12.4 Å². The van der Waals surface area contributed by atoms with Gasteiger partial charge in [0.25, 0.3) is 0 Å². The van der Waals surface area contributed by atoms with Crippen LogP contribution in [-0.4, -0.2) is 50.1 Å². The highest BCUT2D eigenvalue weighted by Crippen LogP contribution is 2.09. The molecule has 0 saturated carbocycles. The first-order valence-electron chi connectivity index (χ1n) is 4.76. The maximum atomic E-state index is 8.89. The van der Waals surface area contributed by atoms with Crippen molar-refractivity contribution < 1.29 is 5.11 Å². The van der Waals surface area contributed by atoms with Crippen LogP contribution in [0.2, 0.25) is 0 Å². The summed E-state index contributed by atoms with van der Waals surface area (Å²) in [5.41, 5.74) is 0.610. The zero-order valence-corrected chi connectivity index (χ0v) is 8.41. The van der Waals surface area contributed by atoms with Crippen LogP contribution < -0.4 is 4.90 Å². The minimum absolute atomic E-state index is 0.100. The zero-order chi connectivity index (χ0) is 10.7. The Balaban J connectivity index is 2.33. The van der Waals surface area contributed by atoms with E-state index in [2.05, 4.69) is 20.6 Å². The van der Waals surface area contributed by atoms with E-state index < -0.39 is 0 Å². The number of hydrogen-bond acceptors (Lipinski definition) is 6. The van der Waals surface area contributed by atoms with E-state index in [4.69, 9.17) is 5.11 Å². The van der Waals surface area contributed by atoms with Gasteiger partial charge in [-0.1, -0.05) is 0 Å². The number of likely N-dealkylation sites (N-methyl/N-ethyl adjacent to an activating group) is 1. The van der Waals surface area contributed by atoms with Crippen LogP contribution in [0.25, 0.3) is 5.65 Å². The first-order chi connectivity index (χ1) is 7.35. The molecule has 0 saturated heterocycles. The van der Waals surface area contributed by atoms with Gasteiger partial charge in [-0.25, -0.2) is 0 Å². The fourth-order valence-corrected chi connectivity index (χ4v) is 1.36. The first-order valence-corrected chi connectivity index (χ1v) is 4.76. The monoisotopic (exact) mass is 208 g/mol. The number of rotatable bonds is 4. The second-order valence-corrected chi connectivity index (χ2v) is 3.02. The van der Waals surface area contributed by atoms with Gasteiger partial charge in [0.15, 0.2) is 11.5 Å². The summed E-state index contributed by atoms with van der Waals surface area (Å²) in [6.07, 6.45) is 0. The van der Waals surface area contributed by atoms with Crippen LogP contribution >= 0.6 is 0 Å². The number of aliphatic hydroxyl groups is 1. The Morgan fingerprint density at radius 3 is 3.07 bits per heavy atom. The molecule has 0 aliphatic carbocycles. The van der Waals surface area contributed by atoms with E-state index in [-0.39, 0.29) is 6.61 Å². The first kappa shape index (κ1) is 9.78. The van der Waals surface area contributed by atoms with Gasteiger partial charge in [0, 0.05) is 13.1 Å². The number of fused-ring (bicyclic) bond motifs is 1. The third-order valence-corrected chi connectivity index (χ3v) is 2.13. The number of aliphatic hydroxyl groups excluding tert-OH is 1. The smallest absolute Gasteiger partial charge is 0.200 e. The zero-order valence-electron chi connectivity index (χ0n) is 8.41. The highest BCUT2D eigenvalue weighted by atomic mass is 16.3. The third-order valence-electron chi connectivity index (χ3n) is 2.13. The van der Waals surface area contributed by atoms with Gasteiger partial charge in [-0.2, -0.15) is 0 Å². The van der Waals surface area contributed by atoms with Crippen LogP contribution in [-0.2, 0) is 0 Å². The molecule has 0 fully saturated rings. The van der Waals surface area contributed by atoms with E-state index >= 15 is 0 Å². The fourth-order valence-electron chi connectivity index (χ4n) is 1.36. The van der Waals surface area contributed by atoms with E-state index in [1.807, 2.05) is 17.9 Å². The summed E-state index contributed by atoms with van der Waals surface area (Å²) in [5.74, 6) is 0.756. The summed E-state index contributed by atoms with van der Waals surface area (Å²) >= 11 is 0.